The lowest BCUT2D eigenvalue weighted by Crippen LogP contribution is -2.39. The molecule has 0 aromatic carbocycles. The molecule has 3 atom stereocenters. The number of carbonyl (C=O) groups excluding carboxylic acids is 1. The van der Waals surface area contributed by atoms with E-state index in [0.29, 0.717) is 17.1 Å². The standard InChI is InChI=1S/C16H26O3S/c1-6-7-10(2)8-9-12-11(3)13(17)16(20-5)15(19-4)14(12)18/h8,11-12,14,18H,6-7,9H2,1-5H3/b10-8+. The topological polar surface area (TPSA) is 46.5 Å². The number of aliphatic hydroxyl groups is 1. The number of methoxy groups -OCH3 is 1. The van der Waals surface area contributed by atoms with E-state index in [2.05, 4.69) is 19.9 Å². The number of ether oxygens (including phenoxy) is 1. The second-order valence-electron chi connectivity index (χ2n) is 5.40. The van der Waals surface area contributed by atoms with E-state index in [4.69, 9.17) is 4.74 Å². The fourth-order valence-electron chi connectivity index (χ4n) is 2.71. The smallest absolute Gasteiger partial charge is 0.175 e. The Morgan fingerprint density at radius 3 is 2.65 bits per heavy atom. The van der Waals surface area contributed by atoms with Crippen LogP contribution in [0, 0.1) is 11.8 Å². The Labute approximate surface area is 126 Å². The quantitative estimate of drug-likeness (QED) is 0.762. The van der Waals surface area contributed by atoms with Gasteiger partial charge in [-0.2, -0.15) is 0 Å². The van der Waals surface area contributed by atoms with Crippen molar-refractivity contribution >= 4 is 17.5 Å². The monoisotopic (exact) mass is 298 g/mol. The van der Waals surface area contributed by atoms with E-state index in [9.17, 15) is 9.90 Å². The average Bonchev–Trinajstić information content (AvgIpc) is 2.42. The summed E-state index contributed by atoms with van der Waals surface area (Å²) in [6.07, 6.45) is 6.20. The van der Waals surface area contributed by atoms with Crippen LogP contribution in [0.25, 0.3) is 0 Å². The highest BCUT2D eigenvalue weighted by atomic mass is 32.2. The van der Waals surface area contributed by atoms with Crippen molar-refractivity contribution in [2.45, 2.75) is 46.1 Å². The Kier molecular flexibility index (Phi) is 6.83. The van der Waals surface area contributed by atoms with Gasteiger partial charge < -0.3 is 9.84 Å². The van der Waals surface area contributed by atoms with Gasteiger partial charge in [-0.05, 0) is 26.0 Å². The summed E-state index contributed by atoms with van der Waals surface area (Å²) in [7, 11) is 1.52. The SMILES string of the molecule is CCC/C(C)=C/CC1C(C)C(=O)C(SC)=C(OC)C1O. The second-order valence-corrected chi connectivity index (χ2v) is 6.22. The Morgan fingerprint density at radius 2 is 2.15 bits per heavy atom. The highest BCUT2D eigenvalue weighted by molar-refractivity contribution is 8.03. The molecule has 0 bridgehead atoms. The Bertz CT molecular complexity index is 412. The van der Waals surface area contributed by atoms with E-state index in [0.717, 1.165) is 12.8 Å². The molecule has 3 unspecified atom stereocenters. The Balaban J connectivity index is 2.97. The molecule has 1 aliphatic rings. The number of thioether (sulfide) groups is 1. The molecular weight excluding hydrogens is 272 g/mol. The zero-order valence-corrected chi connectivity index (χ0v) is 13.9. The molecule has 0 aromatic heterocycles. The predicted molar refractivity (Wildman–Crippen MR) is 84.5 cm³/mol. The van der Waals surface area contributed by atoms with Gasteiger partial charge in [0.2, 0.25) is 0 Å². The molecule has 0 saturated heterocycles. The molecule has 0 heterocycles. The largest absolute Gasteiger partial charge is 0.497 e. The van der Waals surface area contributed by atoms with Crippen LogP contribution in [0.3, 0.4) is 0 Å². The second kappa shape index (κ2) is 7.89. The van der Waals surface area contributed by atoms with Gasteiger partial charge >= 0.3 is 0 Å². The van der Waals surface area contributed by atoms with Crippen molar-refractivity contribution in [3.05, 3.63) is 22.3 Å². The van der Waals surface area contributed by atoms with Crippen LogP contribution < -0.4 is 0 Å². The molecule has 1 N–H and O–H groups in total. The van der Waals surface area contributed by atoms with Crippen molar-refractivity contribution in [2.24, 2.45) is 11.8 Å². The molecule has 4 heteroatoms. The summed E-state index contributed by atoms with van der Waals surface area (Å²) in [5, 5.41) is 10.5. The van der Waals surface area contributed by atoms with Gasteiger partial charge in [0.15, 0.2) is 5.78 Å². The maximum atomic E-state index is 12.4. The van der Waals surface area contributed by atoms with Gasteiger partial charge in [-0.3, -0.25) is 4.79 Å². The van der Waals surface area contributed by atoms with Gasteiger partial charge in [-0.1, -0.05) is 31.9 Å². The summed E-state index contributed by atoms with van der Waals surface area (Å²) < 4.78 is 5.28. The zero-order valence-electron chi connectivity index (χ0n) is 13.1. The van der Waals surface area contributed by atoms with Crippen LogP contribution >= 0.6 is 11.8 Å². The zero-order chi connectivity index (χ0) is 15.3. The molecule has 0 radical (unpaired) electrons. The Morgan fingerprint density at radius 1 is 1.50 bits per heavy atom. The highest BCUT2D eigenvalue weighted by Gasteiger charge is 2.40. The van der Waals surface area contributed by atoms with E-state index in [1.54, 1.807) is 0 Å². The molecule has 114 valence electrons. The van der Waals surface area contributed by atoms with Crippen LogP contribution in [-0.4, -0.2) is 30.4 Å². The third-order valence-electron chi connectivity index (χ3n) is 3.98. The molecule has 20 heavy (non-hydrogen) atoms. The minimum Gasteiger partial charge on any atom is -0.497 e. The third-order valence-corrected chi connectivity index (χ3v) is 4.80. The summed E-state index contributed by atoms with van der Waals surface area (Å²) in [5.74, 6) is 0.260. The molecular formula is C16H26O3S. The summed E-state index contributed by atoms with van der Waals surface area (Å²) in [6.45, 7) is 6.16. The van der Waals surface area contributed by atoms with Crippen molar-refractivity contribution in [3.8, 4) is 0 Å². The first-order valence-electron chi connectivity index (χ1n) is 7.17. The molecule has 0 aliphatic heterocycles. The van der Waals surface area contributed by atoms with Crippen LogP contribution in [0.15, 0.2) is 22.3 Å². The molecule has 1 aliphatic carbocycles. The number of hydrogen-bond acceptors (Lipinski definition) is 4. The van der Waals surface area contributed by atoms with Gasteiger partial charge in [-0.25, -0.2) is 0 Å². The number of allylic oxidation sites excluding steroid dienone is 3. The first-order valence-corrected chi connectivity index (χ1v) is 8.40. The lowest BCUT2D eigenvalue weighted by Gasteiger charge is -2.34. The molecule has 0 aromatic rings. The van der Waals surface area contributed by atoms with Gasteiger partial charge in [0.25, 0.3) is 0 Å². The number of Topliss-reactive ketones (excluding diaryl/α,β-unsaturated/α-hetero) is 1. The molecule has 0 spiro atoms. The van der Waals surface area contributed by atoms with Gasteiger partial charge in [0.05, 0.1) is 12.0 Å². The van der Waals surface area contributed by atoms with Crippen molar-refractivity contribution in [2.75, 3.05) is 13.4 Å². The predicted octanol–water partition coefficient (Wildman–Crippen LogP) is 3.54. The van der Waals surface area contributed by atoms with E-state index in [-0.39, 0.29) is 17.6 Å². The van der Waals surface area contributed by atoms with Crippen LogP contribution in [0.5, 0.6) is 0 Å². The van der Waals surface area contributed by atoms with Crippen LogP contribution in [0.1, 0.15) is 40.0 Å². The fraction of sp³-hybridized carbons (Fsp3) is 0.688. The summed E-state index contributed by atoms with van der Waals surface area (Å²) in [4.78, 5) is 12.9. The number of ketones is 1. The van der Waals surface area contributed by atoms with Crippen molar-refractivity contribution in [3.63, 3.8) is 0 Å². The minimum absolute atomic E-state index is 0.0891. The average molecular weight is 298 g/mol. The molecule has 0 amide bonds. The number of rotatable bonds is 6. The summed E-state index contributed by atoms with van der Waals surface area (Å²) in [5.41, 5.74) is 1.32. The lowest BCUT2D eigenvalue weighted by molar-refractivity contribution is -0.123. The van der Waals surface area contributed by atoms with Crippen LogP contribution in [0.2, 0.25) is 0 Å². The first kappa shape index (κ1) is 17.3. The summed E-state index contributed by atoms with van der Waals surface area (Å²) in [6, 6.07) is 0. The van der Waals surface area contributed by atoms with Crippen molar-refractivity contribution in [1.29, 1.82) is 0 Å². The number of carbonyl (C=O) groups is 1. The first-order chi connectivity index (χ1) is 9.47. The lowest BCUT2D eigenvalue weighted by atomic mass is 9.78. The molecule has 0 fully saturated rings. The van der Waals surface area contributed by atoms with Crippen molar-refractivity contribution < 1.29 is 14.6 Å². The normalized spacial score (nSPS) is 28.0. The van der Waals surface area contributed by atoms with E-state index < -0.39 is 6.10 Å². The molecule has 3 nitrogen and oxygen atoms in total. The Hall–Kier alpha value is -0.740. The van der Waals surface area contributed by atoms with E-state index in [1.165, 1.54) is 24.4 Å². The molecule has 0 saturated carbocycles. The number of aliphatic hydroxyl groups excluding tert-OH is 1. The number of hydrogen-bond donors (Lipinski definition) is 1. The molecule has 1 rings (SSSR count). The van der Waals surface area contributed by atoms with Gasteiger partial charge in [0.1, 0.15) is 11.9 Å². The fourth-order valence-corrected chi connectivity index (χ4v) is 3.50. The van der Waals surface area contributed by atoms with Crippen LogP contribution in [-0.2, 0) is 9.53 Å². The highest BCUT2D eigenvalue weighted by Crippen LogP contribution is 2.38. The van der Waals surface area contributed by atoms with Gasteiger partial charge in [0, 0.05) is 11.8 Å². The van der Waals surface area contributed by atoms with Gasteiger partial charge in [-0.15, -0.1) is 11.8 Å². The van der Waals surface area contributed by atoms with E-state index >= 15 is 0 Å². The third kappa shape index (κ3) is 3.67. The maximum Gasteiger partial charge on any atom is 0.175 e. The minimum atomic E-state index is -0.694. The summed E-state index contributed by atoms with van der Waals surface area (Å²) >= 11 is 1.36. The van der Waals surface area contributed by atoms with Crippen LogP contribution in [0.4, 0.5) is 0 Å². The van der Waals surface area contributed by atoms with E-state index in [1.807, 2.05) is 13.2 Å². The van der Waals surface area contributed by atoms with Crippen molar-refractivity contribution in [1.82, 2.24) is 0 Å². The maximum absolute atomic E-state index is 12.4.